The third-order valence-electron chi connectivity index (χ3n) is 2.62. The summed E-state index contributed by atoms with van der Waals surface area (Å²) in [7, 11) is 0. The predicted molar refractivity (Wildman–Crippen MR) is 54.3 cm³/mol. The number of nitrogens with two attached hydrogens (primary N) is 1. The maximum atomic E-state index is 11.1. The van der Waals surface area contributed by atoms with Crippen LogP contribution in [0.3, 0.4) is 0 Å². The number of fused-ring (bicyclic) bond motifs is 1. The highest BCUT2D eigenvalue weighted by atomic mass is 16.1. The summed E-state index contributed by atoms with van der Waals surface area (Å²) >= 11 is 0. The summed E-state index contributed by atoms with van der Waals surface area (Å²) in [5, 5.41) is 3.24. The van der Waals surface area contributed by atoms with Crippen molar-refractivity contribution in [3.05, 3.63) is 22.9 Å². The summed E-state index contributed by atoms with van der Waals surface area (Å²) in [4.78, 5) is 15.2. The number of carbonyl (C=O) groups excluding carboxylic acids is 1. The number of amides is 1. The number of carbonyl (C=O) groups is 1. The van der Waals surface area contributed by atoms with Gasteiger partial charge in [0.05, 0.1) is 5.56 Å². The second-order valence-corrected chi connectivity index (χ2v) is 3.74. The molecule has 2 rings (SSSR count). The second-order valence-electron chi connectivity index (χ2n) is 3.74. The average Bonchev–Trinajstić information content (AvgIpc) is 2.46. The molecule has 0 spiro atoms. The van der Waals surface area contributed by atoms with Crippen LogP contribution in [0.4, 0.5) is 5.82 Å². The third-order valence-corrected chi connectivity index (χ3v) is 2.62. The van der Waals surface area contributed by atoms with Crippen LogP contribution in [0.15, 0.2) is 6.20 Å². The molecule has 1 aliphatic rings. The van der Waals surface area contributed by atoms with Gasteiger partial charge in [0, 0.05) is 17.8 Å². The van der Waals surface area contributed by atoms with E-state index in [9.17, 15) is 4.79 Å². The van der Waals surface area contributed by atoms with Crippen LogP contribution in [0.1, 0.15) is 28.4 Å². The fourth-order valence-corrected chi connectivity index (χ4v) is 1.86. The van der Waals surface area contributed by atoms with Gasteiger partial charge in [-0.15, -0.1) is 0 Å². The molecule has 0 saturated heterocycles. The van der Waals surface area contributed by atoms with E-state index in [0.717, 1.165) is 23.4 Å². The lowest BCUT2D eigenvalue weighted by Crippen LogP contribution is -2.14. The highest BCUT2D eigenvalue weighted by molar-refractivity contribution is 5.94. The van der Waals surface area contributed by atoms with Gasteiger partial charge in [0.1, 0.15) is 5.82 Å². The van der Waals surface area contributed by atoms with Crippen molar-refractivity contribution in [3.63, 3.8) is 0 Å². The molecule has 3 N–H and O–H groups in total. The maximum absolute atomic E-state index is 11.1. The van der Waals surface area contributed by atoms with E-state index in [-0.39, 0.29) is 0 Å². The molecule has 0 saturated carbocycles. The van der Waals surface area contributed by atoms with Gasteiger partial charge >= 0.3 is 0 Å². The standard InChI is InChI=1S/C10H13N3O/c1-5-3-7-6(2)8(9(11)14)4-12-10(7)13-5/h4-5H,3H2,1-2H3,(H2,11,14)(H,12,13)/t5-/m0/s1. The van der Waals surface area contributed by atoms with Crippen molar-refractivity contribution < 1.29 is 4.79 Å². The normalized spacial score (nSPS) is 18.9. The van der Waals surface area contributed by atoms with Gasteiger partial charge in [-0.2, -0.15) is 0 Å². The summed E-state index contributed by atoms with van der Waals surface area (Å²) in [5.74, 6) is 0.484. The minimum atomic E-state index is -0.405. The molecule has 1 aliphatic heterocycles. The Balaban J connectivity index is 2.53. The molecular formula is C10H13N3O. The Morgan fingerprint density at radius 2 is 2.43 bits per heavy atom. The molecule has 1 atom stereocenters. The van der Waals surface area contributed by atoms with Gasteiger partial charge in [0.15, 0.2) is 0 Å². The summed E-state index contributed by atoms with van der Waals surface area (Å²) in [6.45, 7) is 4.01. The fraction of sp³-hybridized carbons (Fsp3) is 0.400. The van der Waals surface area contributed by atoms with E-state index >= 15 is 0 Å². The average molecular weight is 191 g/mol. The van der Waals surface area contributed by atoms with Gasteiger partial charge in [-0.1, -0.05) is 0 Å². The fourth-order valence-electron chi connectivity index (χ4n) is 1.86. The topological polar surface area (TPSA) is 68.0 Å². The molecule has 0 aliphatic carbocycles. The first-order valence-corrected chi connectivity index (χ1v) is 4.64. The zero-order valence-electron chi connectivity index (χ0n) is 8.29. The highest BCUT2D eigenvalue weighted by Gasteiger charge is 2.22. The number of anilines is 1. The van der Waals surface area contributed by atoms with Crippen LogP contribution >= 0.6 is 0 Å². The van der Waals surface area contributed by atoms with Crippen molar-refractivity contribution in [1.82, 2.24) is 4.98 Å². The van der Waals surface area contributed by atoms with E-state index in [1.165, 1.54) is 0 Å². The lowest BCUT2D eigenvalue weighted by Gasteiger charge is -2.05. The third kappa shape index (κ3) is 1.23. The van der Waals surface area contributed by atoms with Crippen LogP contribution in [0.5, 0.6) is 0 Å². The van der Waals surface area contributed by atoms with Crippen molar-refractivity contribution in [2.45, 2.75) is 26.3 Å². The number of nitrogens with zero attached hydrogens (tertiary/aromatic N) is 1. The van der Waals surface area contributed by atoms with Crippen molar-refractivity contribution in [3.8, 4) is 0 Å². The van der Waals surface area contributed by atoms with E-state index in [2.05, 4.69) is 17.2 Å². The van der Waals surface area contributed by atoms with Crippen molar-refractivity contribution in [2.75, 3.05) is 5.32 Å². The number of nitrogens with one attached hydrogen (secondary N) is 1. The minimum absolute atomic E-state index is 0.388. The van der Waals surface area contributed by atoms with E-state index in [4.69, 9.17) is 5.73 Å². The Morgan fingerprint density at radius 1 is 1.71 bits per heavy atom. The molecule has 2 heterocycles. The number of hydrogen-bond donors (Lipinski definition) is 2. The molecule has 0 bridgehead atoms. The van der Waals surface area contributed by atoms with Gasteiger partial charge < -0.3 is 11.1 Å². The summed E-state index contributed by atoms with van der Waals surface area (Å²) < 4.78 is 0. The highest BCUT2D eigenvalue weighted by Crippen LogP contribution is 2.27. The molecular weight excluding hydrogens is 178 g/mol. The van der Waals surface area contributed by atoms with Crippen LogP contribution in [-0.4, -0.2) is 16.9 Å². The van der Waals surface area contributed by atoms with Gasteiger partial charge in [0.25, 0.3) is 5.91 Å². The van der Waals surface area contributed by atoms with Crippen molar-refractivity contribution in [1.29, 1.82) is 0 Å². The Kier molecular flexibility index (Phi) is 1.91. The Labute approximate surface area is 82.5 Å². The molecule has 4 nitrogen and oxygen atoms in total. The predicted octanol–water partition coefficient (Wildman–Crippen LogP) is 0.845. The van der Waals surface area contributed by atoms with Gasteiger partial charge in [-0.3, -0.25) is 4.79 Å². The number of aromatic nitrogens is 1. The van der Waals surface area contributed by atoms with Crippen LogP contribution in [-0.2, 0) is 6.42 Å². The van der Waals surface area contributed by atoms with E-state index in [1.54, 1.807) is 6.20 Å². The van der Waals surface area contributed by atoms with Crippen LogP contribution in [0, 0.1) is 6.92 Å². The van der Waals surface area contributed by atoms with E-state index in [0.29, 0.717) is 11.6 Å². The first-order chi connectivity index (χ1) is 6.59. The van der Waals surface area contributed by atoms with Gasteiger partial charge in [-0.25, -0.2) is 4.98 Å². The largest absolute Gasteiger partial charge is 0.367 e. The number of rotatable bonds is 1. The lowest BCUT2D eigenvalue weighted by molar-refractivity contribution is 0.0999. The zero-order chi connectivity index (χ0) is 10.3. The SMILES string of the molecule is Cc1c(C(N)=O)cnc2c1C[C@H](C)N2. The van der Waals surface area contributed by atoms with Gasteiger partial charge in [-0.05, 0) is 25.8 Å². The molecule has 0 unspecified atom stereocenters. The number of hydrogen-bond acceptors (Lipinski definition) is 3. The molecule has 74 valence electrons. The van der Waals surface area contributed by atoms with E-state index < -0.39 is 5.91 Å². The molecule has 0 aromatic carbocycles. The first-order valence-electron chi connectivity index (χ1n) is 4.64. The minimum Gasteiger partial charge on any atom is -0.367 e. The van der Waals surface area contributed by atoms with E-state index in [1.807, 2.05) is 6.92 Å². The zero-order valence-corrected chi connectivity index (χ0v) is 8.29. The Hall–Kier alpha value is -1.58. The van der Waals surface area contributed by atoms with Gasteiger partial charge in [0.2, 0.25) is 0 Å². The summed E-state index contributed by atoms with van der Waals surface area (Å²) in [5.41, 5.74) is 7.85. The Morgan fingerprint density at radius 3 is 3.07 bits per heavy atom. The number of primary amides is 1. The molecule has 1 aromatic heterocycles. The monoisotopic (exact) mass is 191 g/mol. The summed E-state index contributed by atoms with van der Waals surface area (Å²) in [6, 6.07) is 0.388. The van der Waals surface area contributed by atoms with Crippen LogP contribution in [0.25, 0.3) is 0 Å². The first kappa shape index (κ1) is 8.99. The van der Waals surface area contributed by atoms with Crippen molar-refractivity contribution >= 4 is 11.7 Å². The lowest BCUT2D eigenvalue weighted by atomic mass is 10.0. The molecule has 0 radical (unpaired) electrons. The molecule has 0 fully saturated rings. The molecule has 4 heteroatoms. The summed E-state index contributed by atoms with van der Waals surface area (Å²) in [6.07, 6.45) is 2.46. The molecule has 14 heavy (non-hydrogen) atoms. The van der Waals surface area contributed by atoms with Crippen molar-refractivity contribution in [2.24, 2.45) is 5.73 Å². The maximum Gasteiger partial charge on any atom is 0.250 e. The quantitative estimate of drug-likeness (QED) is 0.691. The molecule has 1 aromatic rings. The van der Waals surface area contributed by atoms with Crippen LogP contribution < -0.4 is 11.1 Å². The smallest absolute Gasteiger partial charge is 0.250 e. The second kappa shape index (κ2) is 2.97. The number of pyridine rings is 1. The molecule has 1 amide bonds. The Bertz CT molecular complexity index is 401. The van der Waals surface area contributed by atoms with Crippen LogP contribution in [0.2, 0.25) is 0 Å².